The molecular weight excluding hydrogens is 344 g/mol. The number of anilines is 1. The van der Waals surface area contributed by atoms with Crippen LogP contribution >= 0.6 is 11.3 Å². The molecule has 4 rings (SSSR count). The number of pyridine rings is 1. The minimum atomic E-state index is -0.419. The molecule has 1 amide bonds. The molecule has 0 radical (unpaired) electrons. The van der Waals surface area contributed by atoms with Crippen LogP contribution in [-0.4, -0.2) is 10.9 Å². The molecule has 26 heavy (non-hydrogen) atoms. The van der Waals surface area contributed by atoms with Crippen LogP contribution in [0.2, 0.25) is 0 Å². The number of H-pyrrole nitrogens is 1. The number of amides is 1. The molecule has 0 aliphatic carbocycles. The van der Waals surface area contributed by atoms with Gasteiger partial charge in [-0.3, -0.25) is 9.59 Å². The number of rotatable bonds is 3. The van der Waals surface area contributed by atoms with E-state index < -0.39 is 5.91 Å². The normalized spacial score (nSPS) is 10.8. The van der Waals surface area contributed by atoms with Gasteiger partial charge in [0.15, 0.2) is 0 Å². The Morgan fingerprint density at radius 1 is 1.08 bits per heavy atom. The standard InChI is InChI=1S/C21H16N2O2S/c1-13-10-19(26-12-13)14-6-2-5-9-18(14)23-21(25)16-11-22-17-8-4-3-7-15(17)20(16)24/h2-12H,1H3,(H,22,24)(H,23,25). The minimum Gasteiger partial charge on any atom is -0.360 e. The third-order valence-electron chi connectivity index (χ3n) is 4.20. The quantitative estimate of drug-likeness (QED) is 0.550. The largest absolute Gasteiger partial charge is 0.360 e. The highest BCUT2D eigenvalue weighted by Crippen LogP contribution is 2.32. The lowest BCUT2D eigenvalue weighted by atomic mass is 10.1. The van der Waals surface area contributed by atoms with Gasteiger partial charge in [-0.25, -0.2) is 0 Å². The number of fused-ring (bicyclic) bond motifs is 1. The van der Waals surface area contributed by atoms with Gasteiger partial charge >= 0.3 is 0 Å². The lowest BCUT2D eigenvalue weighted by molar-refractivity contribution is 0.102. The summed E-state index contributed by atoms with van der Waals surface area (Å²) in [5.74, 6) is -0.419. The van der Waals surface area contributed by atoms with Gasteiger partial charge in [-0.05, 0) is 42.1 Å². The van der Waals surface area contributed by atoms with Gasteiger partial charge in [0.25, 0.3) is 5.91 Å². The van der Waals surface area contributed by atoms with Crippen molar-refractivity contribution in [3.8, 4) is 10.4 Å². The summed E-state index contributed by atoms with van der Waals surface area (Å²) in [5.41, 5.74) is 3.34. The van der Waals surface area contributed by atoms with Crippen LogP contribution in [0.15, 0.2) is 71.0 Å². The van der Waals surface area contributed by atoms with Crippen LogP contribution in [0.25, 0.3) is 21.3 Å². The average molecular weight is 360 g/mol. The second-order valence-electron chi connectivity index (χ2n) is 6.07. The van der Waals surface area contributed by atoms with Gasteiger partial charge in [0, 0.05) is 33.2 Å². The number of carbonyl (C=O) groups excluding carboxylic acids is 1. The molecule has 0 atom stereocenters. The zero-order valence-electron chi connectivity index (χ0n) is 14.1. The Labute approximate surface area is 154 Å². The van der Waals surface area contributed by atoms with Gasteiger partial charge in [0.2, 0.25) is 5.43 Å². The summed E-state index contributed by atoms with van der Waals surface area (Å²) in [6, 6.07) is 16.8. The van der Waals surface area contributed by atoms with Crippen LogP contribution in [0.4, 0.5) is 5.69 Å². The molecule has 0 bridgehead atoms. The van der Waals surface area contributed by atoms with Crippen molar-refractivity contribution in [2.24, 2.45) is 0 Å². The molecule has 0 aliphatic rings. The van der Waals surface area contributed by atoms with Crippen molar-refractivity contribution in [2.45, 2.75) is 6.92 Å². The molecule has 2 N–H and O–H groups in total. The van der Waals surface area contributed by atoms with E-state index in [1.54, 1.807) is 23.5 Å². The number of nitrogens with one attached hydrogen (secondary N) is 2. The van der Waals surface area contributed by atoms with Crippen LogP contribution in [0.1, 0.15) is 15.9 Å². The summed E-state index contributed by atoms with van der Waals surface area (Å²) < 4.78 is 0. The fraction of sp³-hybridized carbons (Fsp3) is 0.0476. The van der Waals surface area contributed by atoms with Crippen LogP contribution in [-0.2, 0) is 0 Å². The topological polar surface area (TPSA) is 62.0 Å². The molecule has 128 valence electrons. The number of aromatic nitrogens is 1. The van der Waals surface area contributed by atoms with Crippen molar-refractivity contribution in [3.63, 3.8) is 0 Å². The van der Waals surface area contributed by atoms with Crippen LogP contribution in [0.5, 0.6) is 0 Å². The summed E-state index contributed by atoms with van der Waals surface area (Å²) in [6.45, 7) is 2.04. The number of para-hydroxylation sites is 2. The molecule has 0 aliphatic heterocycles. The summed E-state index contributed by atoms with van der Waals surface area (Å²) in [5, 5.41) is 5.46. The highest BCUT2D eigenvalue weighted by atomic mass is 32.1. The number of hydrogen-bond acceptors (Lipinski definition) is 3. The van der Waals surface area contributed by atoms with E-state index in [4.69, 9.17) is 0 Å². The number of aromatic amines is 1. The van der Waals surface area contributed by atoms with E-state index in [1.165, 1.54) is 11.8 Å². The number of carbonyl (C=O) groups is 1. The highest BCUT2D eigenvalue weighted by molar-refractivity contribution is 7.13. The van der Waals surface area contributed by atoms with Crippen molar-refractivity contribution in [1.82, 2.24) is 4.98 Å². The molecule has 0 saturated carbocycles. The summed E-state index contributed by atoms with van der Waals surface area (Å²) in [4.78, 5) is 29.5. The molecule has 0 saturated heterocycles. The predicted molar refractivity (Wildman–Crippen MR) is 107 cm³/mol. The smallest absolute Gasteiger partial charge is 0.261 e. The molecule has 0 unspecified atom stereocenters. The molecular formula is C21H16N2O2S. The Balaban J connectivity index is 1.72. The van der Waals surface area contributed by atoms with Crippen molar-refractivity contribution in [1.29, 1.82) is 0 Å². The van der Waals surface area contributed by atoms with E-state index in [0.29, 0.717) is 16.6 Å². The summed E-state index contributed by atoms with van der Waals surface area (Å²) >= 11 is 1.63. The van der Waals surface area contributed by atoms with Crippen molar-refractivity contribution in [2.75, 3.05) is 5.32 Å². The van der Waals surface area contributed by atoms with E-state index in [0.717, 1.165) is 10.4 Å². The molecule has 0 spiro atoms. The van der Waals surface area contributed by atoms with Gasteiger partial charge in [-0.1, -0.05) is 30.3 Å². The first-order chi connectivity index (χ1) is 12.6. The maximum atomic E-state index is 12.7. The number of hydrogen-bond donors (Lipinski definition) is 2. The van der Waals surface area contributed by atoms with E-state index in [9.17, 15) is 9.59 Å². The fourth-order valence-electron chi connectivity index (χ4n) is 2.91. The van der Waals surface area contributed by atoms with Crippen LogP contribution < -0.4 is 10.7 Å². The molecule has 2 heterocycles. The Kier molecular flexibility index (Phi) is 4.14. The molecule has 2 aromatic heterocycles. The van der Waals surface area contributed by atoms with Crippen molar-refractivity contribution < 1.29 is 4.79 Å². The van der Waals surface area contributed by atoms with Gasteiger partial charge < -0.3 is 10.3 Å². The second kappa shape index (κ2) is 6.61. The summed E-state index contributed by atoms with van der Waals surface area (Å²) in [6.07, 6.45) is 1.47. The second-order valence-corrected chi connectivity index (χ2v) is 6.98. The first-order valence-electron chi connectivity index (χ1n) is 8.20. The molecule has 4 aromatic rings. The summed E-state index contributed by atoms with van der Waals surface area (Å²) in [7, 11) is 0. The van der Waals surface area contributed by atoms with Crippen molar-refractivity contribution in [3.05, 3.63) is 87.5 Å². The fourth-order valence-corrected chi connectivity index (χ4v) is 3.85. The lowest BCUT2D eigenvalue weighted by Gasteiger charge is -2.10. The third kappa shape index (κ3) is 2.93. The Morgan fingerprint density at radius 3 is 2.65 bits per heavy atom. The SMILES string of the molecule is Cc1csc(-c2ccccc2NC(=O)c2c[nH]c3ccccc3c2=O)c1. The first kappa shape index (κ1) is 16.3. The zero-order chi connectivity index (χ0) is 18.1. The maximum absolute atomic E-state index is 12.7. The molecule has 5 heteroatoms. The predicted octanol–water partition coefficient (Wildman–Crippen LogP) is 4.82. The van der Waals surface area contributed by atoms with Gasteiger partial charge in [-0.15, -0.1) is 11.3 Å². The van der Waals surface area contributed by atoms with E-state index in [1.807, 2.05) is 43.3 Å². The van der Waals surface area contributed by atoms with E-state index in [2.05, 4.69) is 21.7 Å². The third-order valence-corrected chi connectivity index (χ3v) is 5.29. The molecule has 0 fully saturated rings. The highest BCUT2D eigenvalue weighted by Gasteiger charge is 2.15. The van der Waals surface area contributed by atoms with Gasteiger partial charge in [0.1, 0.15) is 5.56 Å². The zero-order valence-corrected chi connectivity index (χ0v) is 14.9. The minimum absolute atomic E-state index is 0.0980. The Hall–Kier alpha value is -3.18. The maximum Gasteiger partial charge on any atom is 0.261 e. The van der Waals surface area contributed by atoms with Gasteiger partial charge in [-0.2, -0.15) is 0 Å². The lowest BCUT2D eigenvalue weighted by Crippen LogP contribution is -2.22. The van der Waals surface area contributed by atoms with Crippen LogP contribution in [0, 0.1) is 6.92 Å². The molecule has 4 nitrogen and oxygen atoms in total. The van der Waals surface area contributed by atoms with Gasteiger partial charge in [0.05, 0.1) is 0 Å². The molecule has 2 aromatic carbocycles. The Morgan fingerprint density at radius 2 is 1.85 bits per heavy atom. The Bertz CT molecular complexity index is 1170. The van der Waals surface area contributed by atoms with E-state index >= 15 is 0 Å². The van der Waals surface area contributed by atoms with Crippen molar-refractivity contribution >= 4 is 33.8 Å². The number of benzene rings is 2. The monoisotopic (exact) mass is 360 g/mol. The average Bonchev–Trinajstić information content (AvgIpc) is 3.09. The van der Waals surface area contributed by atoms with Crippen LogP contribution in [0.3, 0.4) is 0 Å². The number of aryl methyl sites for hydroxylation is 1. The number of thiophene rings is 1. The first-order valence-corrected chi connectivity index (χ1v) is 9.08. The van der Waals surface area contributed by atoms with E-state index in [-0.39, 0.29) is 11.0 Å².